The van der Waals surface area contributed by atoms with Gasteiger partial charge in [-0.3, -0.25) is 4.79 Å². The molecule has 6 heteroatoms. The number of ketones is 1. The molecule has 1 heterocycles. The Hall–Kier alpha value is -3.28. The summed E-state index contributed by atoms with van der Waals surface area (Å²) in [5, 5.41) is 0. The Balaban J connectivity index is 1.83. The first-order valence-electron chi connectivity index (χ1n) is 9.04. The predicted molar refractivity (Wildman–Crippen MR) is 104 cm³/mol. The fourth-order valence-corrected chi connectivity index (χ4v) is 2.80. The van der Waals surface area contributed by atoms with E-state index in [-0.39, 0.29) is 11.5 Å². The maximum absolute atomic E-state index is 12.7. The molecule has 1 aliphatic rings. The number of Topliss-reactive ketones (excluding diaryl/α,β-unsaturated/α-hetero) is 1. The molecule has 3 rings (SSSR count). The first kappa shape index (κ1) is 19.5. The Kier molecular flexibility index (Phi) is 5.99. The molecule has 2 aromatic rings. The molecule has 0 saturated heterocycles. The summed E-state index contributed by atoms with van der Waals surface area (Å²) in [5.41, 5.74) is 1.37. The van der Waals surface area contributed by atoms with E-state index in [1.807, 2.05) is 12.1 Å². The van der Waals surface area contributed by atoms with E-state index in [1.165, 1.54) is 13.2 Å². The van der Waals surface area contributed by atoms with Crippen molar-refractivity contribution in [3.8, 4) is 17.2 Å². The lowest BCUT2D eigenvalue weighted by Gasteiger charge is -2.11. The molecule has 0 saturated carbocycles. The molecule has 146 valence electrons. The fourth-order valence-electron chi connectivity index (χ4n) is 2.80. The third-order valence-electron chi connectivity index (χ3n) is 4.33. The van der Waals surface area contributed by atoms with Crippen LogP contribution in [0.1, 0.15) is 46.0 Å². The first-order valence-corrected chi connectivity index (χ1v) is 9.04. The van der Waals surface area contributed by atoms with Gasteiger partial charge in [0.25, 0.3) is 0 Å². The highest BCUT2D eigenvalue weighted by Crippen LogP contribution is 2.34. The van der Waals surface area contributed by atoms with E-state index in [4.69, 9.17) is 18.9 Å². The molecule has 0 radical (unpaired) electrons. The highest BCUT2D eigenvalue weighted by atomic mass is 16.5. The third-order valence-corrected chi connectivity index (χ3v) is 4.33. The number of esters is 1. The molecule has 0 unspecified atom stereocenters. The number of unbranched alkanes of at least 4 members (excludes halogenated alkanes) is 1. The number of carbonyl (C=O) groups excluding carboxylic acids is 2. The molecule has 0 fully saturated rings. The van der Waals surface area contributed by atoms with Gasteiger partial charge < -0.3 is 18.9 Å². The first-order chi connectivity index (χ1) is 13.6. The zero-order chi connectivity index (χ0) is 20.1. The van der Waals surface area contributed by atoms with Crippen LogP contribution in [0.25, 0.3) is 6.08 Å². The molecule has 0 bridgehead atoms. The van der Waals surface area contributed by atoms with Crippen LogP contribution >= 0.6 is 0 Å². The van der Waals surface area contributed by atoms with Crippen molar-refractivity contribution >= 4 is 17.8 Å². The SMILES string of the molecule is CCCCOc1ccc(/C=C2/Oc3ccc(C(=O)OC)cc3C2=O)cc1OC. The second kappa shape index (κ2) is 8.61. The van der Waals surface area contributed by atoms with E-state index in [1.54, 1.807) is 31.4 Å². The van der Waals surface area contributed by atoms with Crippen molar-refractivity contribution in [2.45, 2.75) is 19.8 Å². The van der Waals surface area contributed by atoms with E-state index in [9.17, 15) is 9.59 Å². The van der Waals surface area contributed by atoms with Gasteiger partial charge in [-0.05, 0) is 48.4 Å². The van der Waals surface area contributed by atoms with Gasteiger partial charge in [0, 0.05) is 0 Å². The standard InChI is InChI=1S/C22H22O6/c1-4-5-10-27-18-8-6-14(11-19(18)25-2)12-20-21(23)16-13-15(22(24)26-3)7-9-17(16)28-20/h6-9,11-13H,4-5,10H2,1-3H3/b20-12+. The van der Waals surface area contributed by atoms with Crippen LogP contribution in [0.5, 0.6) is 17.2 Å². The second-order valence-corrected chi connectivity index (χ2v) is 6.25. The lowest BCUT2D eigenvalue weighted by molar-refractivity contribution is 0.0600. The Bertz CT molecular complexity index is 929. The number of carbonyl (C=O) groups is 2. The summed E-state index contributed by atoms with van der Waals surface area (Å²) in [4.78, 5) is 24.3. The fraction of sp³-hybridized carbons (Fsp3) is 0.273. The van der Waals surface area contributed by atoms with Crippen LogP contribution in [0.15, 0.2) is 42.2 Å². The van der Waals surface area contributed by atoms with E-state index >= 15 is 0 Å². The number of hydrogen-bond acceptors (Lipinski definition) is 6. The Labute approximate surface area is 163 Å². The van der Waals surface area contributed by atoms with E-state index < -0.39 is 5.97 Å². The summed E-state index contributed by atoms with van der Waals surface area (Å²) >= 11 is 0. The van der Waals surface area contributed by atoms with E-state index in [0.29, 0.717) is 35.0 Å². The molecule has 0 amide bonds. The normalized spacial score (nSPS) is 13.8. The van der Waals surface area contributed by atoms with Crippen molar-refractivity contribution in [2.75, 3.05) is 20.8 Å². The Morgan fingerprint density at radius 2 is 1.93 bits per heavy atom. The minimum Gasteiger partial charge on any atom is -0.493 e. The molecule has 6 nitrogen and oxygen atoms in total. The minimum absolute atomic E-state index is 0.179. The van der Waals surface area contributed by atoms with Crippen molar-refractivity contribution in [1.82, 2.24) is 0 Å². The monoisotopic (exact) mass is 382 g/mol. The van der Waals surface area contributed by atoms with Gasteiger partial charge in [-0.1, -0.05) is 19.4 Å². The van der Waals surface area contributed by atoms with Crippen molar-refractivity contribution in [2.24, 2.45) is 0 Å². The molecule has 0 spiro atoms. The topological polar surface area (TPSA) is 71.1 Å². The molecular formula is C22H22O6. The largest absolute Gasteiger partial charge is 0.493 e. The van der Waals surface area contributed by atoms with Gasteiger partial charge in [-0.2, -0.15) is 0 Å². The van der Waals surface area contributed by atoms with Gasteiger partial charge in [0.2, 0.25) is 5.78 Å². The van der Waals surface area contributed by atoms with Gasteiger partial charge >= 0.3 is 5.97 Å². The highest BCUT2D eigenvalue weighted by Gasteiger charge is 2.28. The number of hydrogen-bond donors (Lipinski definition) is 0. The van der Waals surface area contributed by atoms with Crippen LogP contribution in [-0.2, 0) is 4.74 Å². The highest BCUT2D eigenvalue weighted by molar-refractivity contribution is 6.15. The third kappa shape index (κ3) is 4.01. The average Bonchev–Trinajstić information content (AvgIpc) is 3.03. The summed E-state index contributed by atoms with van der Waals surface area (Å²) in [5.74, 6) is 1.04. The number of rotatable bonds is 7. The van der Waals surface area contributed by atoms with Crippen molar-refractivity contribution in [3.05, 3.63) is 58.8 Å². The Morgan fingerprint density at radius 3 is 2.64 bits per heavy atom. The van der Waals surface area contributed by atoms with Crippen LogP contribution < -0.4 is 14.2 Å². The summed E-state index contributed by atoms with van der Waals surface area (Å²) < 4.78 is 21.5. The van der Waals surface area contributed by atoms with Crippen LogP contribution in [0.3, 0.4) is 0 Å². The second-order valence-electron chi connectivity index (χ2n) is 6.25. The molecule has 1 aliphatic heterocycles. The number of allylic oxidation sites excluding steroid dienone is 1. The van der Waals surface area contributed by atoms with Gasteiger partial charge in [-0.15, -0.1) is 0 Å². The molecule has 2 aromatic carbocycles. The summed E-state index contributed by atoms with van der Waals surface area (Å²) in [6.07, 6.45) is 3.64. The van der Waals surface area contributed by atoms with Gasteiger partial charge in [0.15, 0.2) is 17.3 Å². The molecule has 0 atom stereocenters. The quantitative estimate of drug-likeness (QED) is 0.404. The Morgan fingerprint density at radius 1 is 1.11 bits per heavy atom. The molecular weight excluding hydrogens is 360 g/mol. The lowest BCUT2D eigenvalue weighted by atomic mass is 10.1. The number of methoxy groups -OCH3 is 2. The maximum atomic E-state index is 12.7. The molecule has 28 heavy (non-hydrogen) atoms. The van der Waals surface area contributed by atoms with Crippen LogP contribution in [0.4, 0.5) is 0 Å². The van der Waals surface area contributed by atoms with E-state index in [0.717, 1.165) is 18.4 Å². The molecule has 0 aliphatic carbocycles. The number of ether oxygens (including phenoxy) is 4. The van der Waals surface area contributed by atoms with Crippen LogP contribution in [0.2, 0.25) is 0 Å². The van der Waals surface area contributed by atoms with Gasteiger partial charge in [0.05, 0.1) is 32.0 Å². The maximum Gasteiger partial charge on any atom is 0.337 e. The zero-order valence-electron chi connectivity index (χ0n) is 16.1. The van der Waals surface area contributed by atoms with Crippen LogP contribution in [-0.4, -0.2) is 32.6 Å². The smallest absolute Gasteiger partial charge is 0.337 e. The van der Waals surface area contributed by atoms with Gasteiger partial charge in [0.1, 0.15) is 5.75 Å². The lowest BCUT2D eigenvalue weighted by Crippen LogP contribution is -2.03. The summed E-state index contributed by atoms with van der Waals surface area (Å²) in [6, 6.07) is 10.1. The van der Waals surface area contributed by atoms with E-state index in [2.05, 4.69) is 6.92 Å². The zero-order valence-corrected chi connectivity index (χ0v) is 16.1. The number of benzene rings is 2. The minimum atomic E-state index is -0.503. The van der Waals surface area contributed by atoms with Crippen molar-refractivity contribution in [1.29, 1.82) is 0 Å². The van der Waals surface area contributed by atoms with Crippen LogP contribution in [0, 0.1) is 0 Å². The summed E-state index contributed by atoms with van der Waals surface area (Å²) in [6.45, 7) is 2.72. The predicted octanol–water partition coefficient (Wildman–Crippen LogP) is 4.28. The van der Waals surface area contributed by atoms with Gasteiger partial charge in [-0.25, -0.2) is 4.79 Å². The summed E-state index contributed by atoms with van der Waals surface area (Å²) in [7, 11) is 2.86. The number of fused-ring (bicyclic) bond motifs is 1. The average molecular weight is 382 g/mol. The van der Waals surface area contributed by atoms with Crippen molar-refractivity contribution < 1.29 is 28.5 Å². The molecule has 0 aromatic heterocycles. The van der Waals surface area contributed by atoms with Crippen molar-refractivity contribution in [3.63, 3.8) is 0 Å². The molecule has 0 N–H and O–H groups in total.